The summed E-state index contributed by atoms with van der Waals surface area (Å²) < 4.78 is 1.15. The first kappa shape index (κ1) is 19.9. The van der Waals surface area contributed by atoms with Gasteiger partial charge in [-0.1, -0.05) is 29.8 Å². The number of amides is 2. The van der Waals surface area contributed by atoms with Gasteiger partial charge in [-0.15, -0.1) is 11.3 Å². The highest BCUT2D eigenvalue weighted by molar-refractivity contribution is 7.18. The molecule has 2 amide bonds. The molecule has 0 saturated carbocycles. The minimum atomic E-state index is -0.145. The standard InChI is InChI=1S/C22H22ClN3O2S/c23-17-6-7-19-18(14-17)25-22(29-19)16-9-12-26(13-10-16)20(27)8-11-24-21(28)15-4-2-1-3-5-15/h1-7,14,16H,8-13H2,(H,24,28). The van der Waals surface area contributed by atoms with Gasteiger partial charge in [-0.2, -0.15) is 0 Å². The Kier molecular flexibility index (Phi) is 6.11. The fourth-order valence-electron chi connectivity index (χ4n) is 3.60. The molecular weight excluding hydrogens is 406 g/mol. The Morgan fingerprint density at radius 1 is 1.14 bits per heavy atom. The first-order chi connectivity index (χ1) is 14.1. The van der Waals surface area contributed by atoms with Crippen LogP contribution in [-0.2, 0) is 4.79 Å². The summed E-state index contributed by atoms with van der Waals surface area (Å²) in [5.74, 6) is 0.328. The molecule has 2 heterocycles. The van der Waals surface area contributed by atoms with E-state index < -0.39 is 0 Å². The molecule has 4 rings (SSSR count). The number of carbonyl (C=O) groups excluding carboxylic acids is 2. The molecule has 3 aromatic rings. The first-order valence-electron chi connectivity index (χ1n) is 9.77. The fraction of sp³-hybridized carbons (Fsp3) is 0.318. The summed E-state index contributed by atoms with van der Waals surface area (Å²) in [6.07, 6.45) is 2.15. The zero-order chi connectivity index (χ0) is 20.2. The lowest BCUT2D eigenvalue weighted by Gasteiger charge is -2.31. The number of carbonyl (C=O) groups is 2. The van der Waals surface area contributed by atoms with Crippen molar-refractivity contribution in [2.45, 2.75) is 25.2 Å². The van der Waals surface area contributed by atoms with E-state index in [0.29, 0.717) is 29.5 Å². The molecule has 7 heteroatoms. The Labute approximate surface area is 178 Å². The van der Waals surface area contributed by atoms with Gasteiger partial charge in [-0.05, 0) is 43.2 Å². The van der Waals surface area contributed by atoms with Gasteiger partial charge >= 0.3 is 0 Å². The molecule has 2 aromatic carbocycles. The van der Waals surface area contributed by atoms with E-state index in [9.17, 15) is 9.59 Å². The third kappa shape index (κ3) is 4.77. The number of fused-ring (bicyclic) bond motifs is 1. The van der Waals surface area contributed by atoms with Crippen molar-refractivity contribution in [3.05, 3.63) is 64.1 Å². The van der Waals surface area contributed by atoms with E-state index in [-0.39, 0.29) is 11.8 Å². The highest BCUT2D eigenvalue weighted by atomic mass is 35.5. The Balaban J connectivity index is 1.25. The Morgan fingerprint density at radius 2 is 1.90 bits per heavy atom. The SMILES string of the molecule is O=C(NCCC(=O)N1CCC(c2nc3cc(Cl)ccc3s2)CC1)c1ccccc1. The molecule has 150 valence electrons. The molecule has 0 aliphatic carbocycles. The van der Waals surface area contributed by atoms with Crippen LogP contribution in [0.1, 0.15) is 40.5 Å². The van der Waals surface area contributed by atoms with Crippen molar-refractivity contribution in [3.63, 3.8) is 0 Å². The van der Waals surface area contributed by atoms with Crippen molar-refractivity contribution in [3.8, 4) is 0 Å². The van der Waals surface area contributed by atoms with Crippen LogP contribution >= 0.6 is 22.9 Å². The van der Waals surface area contributed by atoms with Crippen molar-refractivity contribution in [1.82, 2.24) is 15.2 Å². The highest BCUT2D eigenvalue weighted by Gasteiger charge is 2.25. The van der Waals surface area contributed by atoms with Gasteiger partial charge < -0.3 is 10.2 Å². The topological polar surface area (TPSA) is 62.3 Å². The lowest BCUT2D eigenvalue weighted by atomic mass is 9.97. The monoisotopic (exact) mass is 427 g/mol. The van der Waals surface area contributed by atoms with E-state index in [1.807, 2.05) is 41.3 Å². The van der Waals surface area contributed by atoms with Crippen LogP contribution in [0.3, 0.4) is 0 Å². The Morgan fingerprint density at radius 3 is 2.66 bits per heavy atom. The third-order valence-electron chi connectivity index (χ3n) is 5.22. The van der Waals surface area contributed by atoms with Crippen molar-refractivity contribution in [2.24, 2.45) is 0 Å². The second-order valence-corrected chi connectivity index (χ2v) is 8.69. The van der Waals surface area contributed by atoms with Crippen LogP contribution in [0.5, 0.6) is 0 Å². The molecule has 1 fully saturated rings. The number of likely N-dealkylation sites (tertiary alicyclic amines) is 1. The minimum Gasteiger partial charge on any atom is -0.352 e. The third-order valence-corrected chi connectivity index (χ3v) is 6.66. The predicted molar refractivity (Wildman–Crippen MR) is 117 cm³/mol. The van der Waals surface area contributed by atoms with Crippen LogP contribution in [0.15, 0.2) is 48.5 Å². The lowest BCUT2D eigenvalue weighted by Crippen LogP contribution is -2.39. The van der Waals surface area contributed by atoms with E-state index >= 15 is 0 Å². The Hall–Kier alpha value is -2.44. The average Bonchev–Trinajstić information content (AvgIpc) is 3.17. The number of thiazole rings is 1. The van der Waals surface area contributed by atoms with Gasteiger partial charge in [0.05, 0.1) is 15.2 Å². The molecule has 0 atom stereocenters. The van der Waals surface area contributed by atoms with Crippen LogP contribution in [0.25, 0.3) is 10.2 Å². The van der Waals surface area contributed by atoms with Gasteiger partial charge in [0, 0.05) is 42.6 Å². The summed E-state index contributed by atoms with van der Waals surface area (Å²) in [7, 11) is 0. The van der Waals surface area contributed by atoms with Crippen molar-refractivity contribution >= 4 is 45.0 Å². The van der Waals surface area contributed by atoms with E-state index in [2.05, 4.69) is 5.32 Å². The number of rotatable bonds is 5. The Bertz CT molecular complexity index is 1010. The summed E-state index contributed by atoms with van der Waals surface area (Å²) in [6.45, 7) is 1.81. The normalized spacial score (nSPS) is 14.9. The predicted octanol–water partition coefficient (Wildman–Crippen LogP) is 4.48. The number of hydrogen-bond donors (Lipinski definition) is 1. The van der Waals surface area contributed by atoms with Crippen LogP contribution in [-0.4, -0.2) is 41.3 Å². The maximum absolute atomic E-state index is 12.5. The number of piperidine rings is 1. The molecule has 1 N–H and O–H groups in total. The van der Waals surface area contributed by atoms with Gasteiger partial charge in [0.2, 0.25) is 5.91 Å². The van der Waals surface area contributed by atoms with Crippen molar-refractivity contribution < 1.29 is 9.59 Å². The molecule has 5 nitrogen and oxygen atoms in total. The molecular formula is C22H22ClN3O2S. The number of benzene rings is 2. The molecule has 1 saturated heterocycles. The summed E-state index contributed by atoms with van der Waals surface area (Å²) in [5.41, 5.74) is 1.56. The first-order valence-corrected chi connectivity index (χ1v) is 11.0. The molecule has 0 spiro atoms. The molecule has 29 heavy (non-hydrogen) atoms. The number of halogens is 1. The van der Waals surface area contributed by atoms with Crippen LogP contribution in [0.4, 0.5) is 0 Å². The number of hydrogen-bond acceptors (Lipinski definition) is 4. The lowest BCUT2D eigenvalue weighted by molar-refractivity contribution is -0.132. The maximum Gasteiger partial charge on any atom is 0.251 e. The van der Waals surface area contributed by atoms with Crippen LogP contribution < -0.4 is 5.32 Å². The summed E-state index contributed by atoms with van der Waals surface area (Å²) in [4.78, 5) is 31.2. The molecule has 1 aromatic heterocycles. The summed E-state index contributed by atoms with van der Waals surface area (Å²) in [5, 5.41) is 4.65. The largest absolute Gasteiger partial charge is 0.352 e. The van der Waals surface area contributed by atoms with E-state index in [0.717, 1.165) is 41.2 Å². The van der Waals surface area contributed by atoms with Gasteiger partial charge in [0.1, 0.15) is 0 Å². The van der Waals surface area contributed by atoms with Gasteiger partial charge in [0.25, 0.3) is 5.91 Å². The minimum absolute atomic E-state index is 0.0906. The van der Waals surface area contributed by atoms with E-state index in [4.69, 9.17) is 16.6 Å². The number of nitrogens with zero attached hydrogens (tertiary/aromatic N) is 2. The van der Waals surface area contributed by atoms with E-state index in [1.165, 1.54) is 0 Å². The molecule has 1 aliphatic rings. The quantitative estimate of drug-likeness (QED) is 0.653. The molecule has 1 aliphatic heterocycles. The zero-order valence-corrected chi connectivity index (χ0v) is 17.5. The smallest absolute Gasteiger partial charge is 0.251 e. The van der Waals surface area contributed by atoms with Crippen molar-refractivity contribution in [2.75, 3.05) is 19.6 Å². The van der Waals surface area contributed by atoms with Crippen LogP contribution in [0.2, 0.25) is 5.02 Å². The zero-order valence-electron chi connectivity index (χ0n) is 15.9. The van der Waals surface area contributed by atoms with Gasteiger partial charge in [0.15, 0.2) is 0 Å². The van der Waals surface area contributed by atoms with Crippen LogP contribution in [0, 0.1) is 0 Å². The second-order valence-electron chi connectivity index (χ2n) is 7.19. The maximum atomic E-state index is 12.5. The molecule has 0 unspecified atom stereocenters. The summed E-state index contributed by atoms with van der Waals surface area (Å²) in [6, 6.07) is 14.8. The average molecular weight is 428 g/mol. The number of aromatic nitrogens is 1. The van der Waals surface area contributed by atoms with Crippen molar-refractivity contribution in [1.29, 1.82) is 0 Å². The summed E-state index contributed by atoms with van der Waals surface area (Å²) >= 11 is 7.77. The second kappa shape index (κ2) is 8.93. The van der Waals surface area contributed by atoms with Gasteiger partial charge in [-0.3, -0.25) is 9.59 Å². The molecule has 0 radical (unpaired) electrons. The fourth-order valence-corrected chi connectivity index (χ4v) is 4.88. The molecule has 0 bridgehead atoms. The van der Waals surface area contributed by atoms with Gasteiger partial charge in [-0.25, -0.2) is 4.98 Å². The van der Waals surface area contributed by atoms with E-state index in [1.54, 1.807) is 23.5 Å². The number of nitrogens with one attached hydrogen (secondary N) is 1. The highest BCUT2D eigenvalue weighted by Crippen LogP contribution is 2.34.